The first-order chi connectivity index (χ1) is 12.6. The van der Waals surface area contributed by atoms with Crippen LogP contribution in [0.25, 0.3) is 6.08 Å². The van der Waals surface area contributed by atoms with Crippen LogP contribution in [0.2, 0.25) is 0 Å². The van der Waals surface area contributed by atoms with E-state index < -0.39 is 5.97 Å². The van der Waals surface area contributed by atoms with E-state index in [1.165, 1.54) is 0 Å². The monoisotopic (exact) mass is 349 g/mol. The molecule has 0 saturated heterocycles. The number of ether oxygens (including phenoxy) is 3. The first-order valence-corrected chi connectivity index (χ1v) is 8.10. The summed E-state index contributed by atoms with van der Waals surface area (Å²) in [6.45, 7) is 6.06. The van der Waals surface area contributed by atoms with Crippen LogP contribution < -0.4 is 9.47 Å². The van der Waals surface area contributed by atoms with Crippen molar-refractivity contribution in [3.05, 3.63) is 77.5 Å². The van der Waals surface area contributed by atoms with Crippen molar-refractivity contribution in [2.24, 2.45) is 4.99 Å². The van der Waals surface area contributed by atoms with Crippen molar-refractivity contribution < 1.29 is 19.0 Å². The van der Waals surface area contributed by atoms with E-state index >= 15 is 0 Å². The Hall–Kier alpha value is -3.34. The number of carbonyl (C=O) groups is 1. The highest BCUT2D eigenvalue weighted by Crippen LogP contribution is 2.33. The summed E-state index contributed by atoms with van der Waals surface area (Å²) in [5.41, 5.74) is 2.50. The Morgan fingerprint density at radius 3 is 2.65 bits per heavy atom. The van der Waals surface area contributed by atoms with Crippen LogP contribution in [0.3, 0.4) is 0 Å². The summed E-state index contributed by atoms with van der Waals surface area (Å²) in [5.74, 6) is 0.882. The smallest absolute Gasteiger partial charge is 0.363 e. The van der Waals surface area contributed by atoms with Crippen LogP contribution in [-0.2, 0) is 9.53 Å². The first-order valence-electron chi connectivity index (χ1n) is 8.10. The van der Waals surface area contributed by atoms with Gasteiger partial charge in [-0.05, 0) is 36.8 Å². The molecule has 2 aromatic carbocycles. The molecule has 1 heterocycles. The Balaban J connectivity index is 1.97. The number of hydrogen-bond donors (Lipinski definition) is 0. The van der Waals surface area contributed by atoms with Gasteiger partial charge in [0.25, 0.3) is 0 Å². The molecule has 5 nitrogen and oxygen atoms in total. The number of aliphatic imine (C=N–C) groups is 1. The van der Waals surface area contributed by atoms with Gasteiger partial charge in [0.1, 0.15) is 6.61 Å². The maximum Gasteiger partial charge on any atom is 0.363 e. The summed E-state index contributed by atoms with van der Waals surface area (Å²) in [7, 11) is 1.56. The highest BCUT2D eigenvalue weighted by Gasteiger charge is 2.24. The molecule has 1 aliphatic rings. The van der Waals surface area contributed by atoms with Gasteiger partial charge >= 0.3 is 5.97 Å². The van der Waals surface area contributed by atoms with Crippen LogP contribution >= 0.6 is 0 Å². The number of benzene rings is 2. The minimum Gasteiger partial charge on any atom is -0.493 e. The second-order valence-electron chi connectivity index (χ2n) is 5.83. The Bertz CT molecular complexity index is 897. The molecule has 0 amide bonds. The van der Waals surface area contributed by atoms with Crippen LogP contribution in [-0.4, -0.2) is 25.6 Å². The molecule has 132 valence electrons. The molecule has 0 unspecified atom stereocenters. The van der Waals surface area contributed by atoms with Gasteiger partial charge in [0, 0.05) is 11.1 Å². The summed E-state index contributed by atoms with van der Waals surface area (Å²) in [4.78, 5) is 16.5. The van der Waals surface area contributed by atoms with Crippen molar-refractivity contribution in [2.45, 2.75) is 6.92 Å². The average Bonchev–Trinajstić information content (AvgIpc) is 3.01. The van der Waals surface area contributed by atoms with Crippen LogP contribution in [0, 0.1) is 0 Å². The van der Waals surface area contributed by atoms with E-state index in [0.29, 0.717) is 23.7 Å². The van der Waals surface area contributed by atoms with Crippen molar-refractivity contribution in [1.29, 1.82) is 0 Å². The molecule has 0 bridgehead atoms. The maximum absolute atomic E-state index is 12.2. The topological polar surface area (TPSA) is 57.1 Å². The molecule has 0 radical (unpaired) electrons. The van der Waals surface area contributed by atoms with Gasteiger partial charge in [0.05, 0.1) is 7.11 Å². The molecule has 26 heavy (non-hydrogen) atoms. The summed E-state index contributed by atoms with van der Waals surface area (Å²) >= 11 is 0. The average molecular weight is 349 g/mol. The van der Waals surface area contributed by atoms with E-state index in [2.05, 4.69) is 11.6 Å². The van der Waals surface area contributed by atoms with Gasteiger partial charge in [0.2, 0.25) is 5.90 Å². The first kappa shape index (κ1) is 17.5. The van der Waals surface area contributed by atoms with Crippen LogP contribution in [0.4, 0.5) is 0 Å². The van der Waals surface area contributed by atoms with Crippen LogP contribution in [0.1, 0.15) is 18.1 Å². The summed E-state index contributed by atoms with van der Waals surface area (Å²) in [5, 5.41) is 0. The second-order valence-corrected chi connectivity index (χ2v) is 5.83. The number of methoxy groups -OCH3 is 1. The van der Waals surface area contributed by atoms with Gasteiger partial charge in [-0.2, -0.15) is 0 Å². The molecule has 2 aromatic rings. The van der Waals surface area contributed by atoms with Gasteiger partial charge in [0.15, 0.2) is 17.2 Å². The molecular weight excluding hydrogens is 330 g/mol. The summed E-state index contributed by atoms with van der Waals surface area (Å²) < 4.78 is 16.5. The van der Waals surface area contributed by atoms with Gasteiger partial charge in [-0.1, -0.05) is 36.9 Å². The Labute approximate surface area is 152 Å². The zero-order chi connectivity index (χ0) is 18.5. The number of rotatable bonds is 6. The lowest BCUT2D eigenvalue weighted by atomic mass is 10.1. The van der Waals surface area contributed by atoms with Crippen molar-refractivity contribution >= 4 is 17.9 Å². The lowest BCUT2D eigenvalue weighted by Gasteiger charge is -2.13. The van der Waals surface area contributed by atoms with E-state index in [4.69, 9.17) is 14.2 Å². The molecule has 0 fully saturated rings. The predicted molar refractivity (Wildman–Crippen MR) is 100 cm³/mol. The Kier molecular flexibility index (Phi) is 5.17. The number of carbonyl (C=O) groups excluding carboxylic acids is 1. The van der Waals surface area contributed by atoms with Gasteiger partial charge in [-0.15, -0.1) is 0 Å². The molecule has 0 N–H and O–H groups in total. The zero-order valence-electron chi connectivity index (χ0n) is 14.7. The number of nitrogens with zero attached hydrogens (tertiary/aromatic N) is 1. The Morgan fingerprint density at radius 2 is 1.96 bits per heavy atom. The molecule has 3 rings (SSSR count). The normalized spacial score (nSPS) is 14.8. The number of cyclic esters (lactones) is 1. The molecule has 0 aliphatic carbocycles. The second kappa shape index (κ2) is 7.70. The zero-order valence-corrected chi connectivity index (χ0v) is 14.7. The highest BCUT2D eigenvalue weighted by molar-refractivity contribution is 6.12. The molecule has 0 spiro atoms. The molecule has 0 atom stereocenters. The quantitative estimate of drug-likeness (QED) is 0.449. The van der Waals surface area contributed by atoms with Crippen molar-refractivity contribution in [3.8, 4) is 11.5 Å². The molecule has 1 aliphatic heterocycles. The van der Waals surface area contributed by atoms with Gasteiger partial charge in [-0.3, -0.25) is 0 Å². The van der Waals surface area contributed by atoms with Crippen LogP contribution in [0.15, 0.2) is 71.4 Å². The summed E-state index contributed by atoms with van der Waals surface area (Å²) in [6, 6.07) is 14.7. The van der Waals surface area contributed by atoms with Gasteiger partial charge in [-0.25, -0.2) is 9.79 Å². The lowest BCUT2D eigenvalue weighted by molar-refractivity contribution is -0.129. The molecular formula is C21H19NO4. The van der Waals surface area contributed by atoms with Crippen molar-refractivity contribution in [3.63, 3.8) is 0 Å². The minimum absolute atomic E-state index is 0.206. The lowest BCUT2D eigenvalue weighted by Crippen LogP contribution is -2.05. The fraction of sp³-hybridized carbons (Fsp3) is 0.143. The number of para-hydroxylation sites is 1. The van der Waals surface area contributed by atoms with E-state index in [1.54, 1.807) is 19.3 Å². The third-order valence-electron chi connectivity index (χ3n) is 3.63. The van der Waals surface area contributed by atoms with E-state index in [-0.39, 0.29) is 11.6 Å². The van der Waals surface area contributed by atoms with Crippen molar-refractivity contribution in [2.75, 3.05) is 13.7 Å². The number of esters is 1. The summed E-state index contributed by atoms with van der Waals surface area (Å²) in [6.07, 6.45) is 1.63. The predicted octanol–water partition coefficient (Wildman–Crippen LogP) is 3.99. The SMILES string of the molecule is C=C(C)COc1c(C=C2N=C(c3ccccc3)OC2=O)cccc1OC. The van der Waals surface area contributed by atoms with Gasteiger partial charge < -0.3 is 14.2 Å². The Morgan fingerprint density at radius 1 is 1.19 bits per heavy atom. The standard InChI is InChI=1S/C21H19NO4/c1-14(2)13-25-19-16(10-7-11-18(19)24-3)12-17-21(23)26-20(22-17)15-8-5-4-6-9-15/h4-12H,1,13H2,2-3H3. The van der Waals surface area contributed by atoms with E-state index in [1.807, 2.05) is 49.4 Å². The van der Waals surface area contributed by atoms with E-state index in [0.717, 1.165) is 11.1 Å². The fourth-order valence-corrected chi connectivity index (χ4v) is 2.42. The third-order valence-corrected chi connectivity index (χ3v) is 3.63. The van der Waals surface area contributed by atoms with E-state index in [9.17, 15) is 4.79 Å². The maximum atomic E-state index is 12.2. The molecule has 0 saturated carbocycles. The largest absolute Gasteiger partial charge is 0.493 e. The molecule has 0 aromatic heterocycles. The molecule has 5 heteroatoms. The van der Waals surface area contributed by atoms with Crippen molar-refractivity contribution in [1.82, 2.24) is 0 Å². The minimum atomic E-state index is -0.502. The highest BCUT2D eigenvalue weighted by atomic mass is 16.6. The fourth-order valence-electron chi connectivity index (χ4n) is 2.42. The van der Waals surface area contributed by atoms with Crippen LogP contribution in [0.5, 0.6) is 11.5 Å². The number of hydrogen-bond acceptors (Lipinski definition) is 5. The third kappa shape index (κ3) is 3.83.